The Bertz CT molecular complexity index is 643. The molecule has 0 unspecified atom stereocenters. The number of hydrogen-bond donors (Lipinski definition) is 0. The maximum Gasteiger partial charge on any atom is 0.166 e. The molecule has 2 aromatic rings. The molecule has 0 spiro atoms. The van der Waals surface area contributed by atoms with Gasteiger partial charge in [-0.25, -0.2) is 8.78 Å². The molecule has 0 N–H and O–H groups in total. The van der Waals surface area contributed by atoms with Crippen molar-refractivity contribution < 1.29 is 13.5 Å². The maximum atomic E-state index is 13.8. The van der Waals surface area contributed by atoms with Crippen molar-refractivity contribution in [2.24, 2.45) is 11.8 Å². The van der Waals surface area contributed by atoms with E-state index in [4.69, 9.17) is 4.74 Å². The predicted octanol–water partition coefficient (Wildman–Crippen LogP) is 5.84. The van der Waals surface area contributed by atoms with Crippen LogP contribution in [0.3, 0.4) is 0 Å². The molecule has 0 atom stereocenters. The molecular formula is C20H22F2O. The van der Waals surface area contributed by atoms with E-state index in [1.54, 1.807) is 18.2 Å². The lowest BCUT2D eigenvalue weighted by Gasteiger charge is -2.26. The van der Waals surface area contributed by atoms with Crippen LogP contribution in [0, 0.1) is 23.5 Å². The highest BCUT2D eigenvalue weighted by Gasteiger charge is 2.18. The highest BCUT2D eigenvalue weighted by Crippen LogP contribution is 2.30. The lowest BCUT2D eigenvalue weighted by Crippen LogP contribution is -2.18. The van der Waals surface area contributed by atoms with Gasteiger partial charge < -0.3 is 4.74 Å². The first-order valence-electron chi connectivity index (χ1n) is 8.30. The van der Waals surface area contributed by atoms with E-state index < -0.39 is 11.6 Å². The van der Waals surface area contributed by atoms with Crippen molar-refractivity contribution in [3.05, 3.63) is 54.1 Å². The van der Waals surface area contributed by atoms with Crippen LogP contribution < -0.4 is 4.74 Å². The summed E-state index contributed by atoms with van der Waals surface area (Å²) in [6, 6.07) is 11.4. The molecule has 1 nitrogen and oxygen atoms in total. The highest BCUT2D eigenvalue weighted by molar-refractivity contribution is 5.64. The Morgan fingerprint density at radius 3 is 2.35 bits per heavy atom. The summed E-state index contributed by atoms with van der Waals surface area (Å²) in [5.74, 6) is 0.620. The fraction of sp³-hybridized carbons (Fsp3) is 0.400. The molecular weight excluding hydrogens is 294 g/mol. The Morgan fingerprint density at radius 2 is 1.65 bits per heavy atom. The molecule has 3 rings (SSSR count). The fourth-order valence-electron chi connectivity index (χ4n) is 3.17. The molecule has 0 bridgehead atoms. The fourth-order valence-corrected chi connectivity index (χ4v) is 3.17. The molecule has 0 heterocycles. The van der Waals surface area contributed by atoms with E-state index >= 15 is 0 Å². The zero-order chi connectivity index (χ0) is 16.2. The monoisotopic (exact) mass is 316 g/mol. The van der Waals surface area contributed by atoms with E-state index in [1.165, 1.54) is 31.7 Å². The zero-order valence-electron chi connectivity index (χ0n) is 13.4. The van der Waals surface area contributed by atoms with Crippen LogP contribution in [-0.2, 0) is 0 Å². The van der Waals surface area contributed by atoms with Crippen LogP contribution in [0.15, 0.2) is 42.5 Å². The second-order valence-corrected chi connectivity index (χ2v) is 6.56. The van der Waals surface area contributed by atoms with E-state index in [0.29, 0.717) is 11.5 Å². The van der Waals surface area contributed by atoms with E-state index in [0.717, 1.165) is 24.3 Å². The third kappa shape index (κ3) is 3.90. The smallest absolute Gasteiger partial charge is 0.166 e. The van der Waals surface area contributed by atoms with E-state index in [9.17, 15) is 8.78 Å². The highest BCUT2D eigenvalue weighted by atomic mass is 19.2. The minimum absolute atomic E-state index is 0.276. The van der Waals surface area contributed by atoms with Gasteiger partial charge in [-0.05, 0) is 48.4 Å². The van der Waals surface area contributed by atoms with Gasteiger partial charge in [0.1, 0.15) is 5.75 Å². The van der Waals surface area contributed by atoms with E-state index in [2.05, 4.69) is 6.92 Å². The molecule has 1 saturated carbocycles. The van der Waals surface area contributed by atoms with Gasteiger partial charge in [0.05, 0.1) is 6.61 Å². The Morgan fingerprint density at radius 1 is 0.957 bits per heavy atom. The third-order valence-electron chi connectivity index (χ3n) is 4.74. The molecule has 0 radical (unpaired) electrons. The summed E-state index contributed by atoms with van der Waals surface area (Å²) in [5.41, 5.74) is 0.929. The van der Waals surface area contributed by atoms with Gasteiger partial charge in [0.2, 0.25) is 0 Å². The quantitative estimate of drug-likeness (QED) is 0.689. The lowest BCUT2D eigenvalue weighted by molar-refractivity contribution is 0.188. The van der Waals surface area contributed by atoms with E-state index in [1.807, 2.05) is 12.1 Å². The second kappa shape index (κ2) is 7.12. The molecule has 122 valence electrons. The van der Waals surface area contributed by atoms with Gasteiger partial charge in [0.25, 0.3) is 0 Å². The summed E-state index contributed by atoms with van der Waals surface area (Å²) in [6.45, 7) is 3.04. The van der Waals surface area contributed by atoms with Crippen molar-refractivity contribution in [2.75, 3.05) is 6.61 Å². The van der Waals surface area contributed by atoms with Crippen molar-refractivity contribution >= 4 is 0 Å². The van der Waals surface area contributed by atoms with Crippen LogP contribution in [0.25, 0.3) is 11.1 Å². The molecule has 0 saturated heterocycles. The van der Waals surface area contributed by atoms with Gasteiger partial charge in [-0.3, -0.25) is 0 Å². The minimum Gasteiger partial charge on any atom is -0.493 e. The topological polar surface area (TPSA) is 9.23 Å². The third-order valence-corrected chi connectivity index (χ3v) is 4.74. The van der Waals surface area contributed by atoms with Crippen LogP contribution in [0.2, 0.25) is 0 Å². The SMILES string of the molecule is CC1CCC(COc2ccc(-c3cccc(F)c3F)cc2)CC1. The number of benzene rings is 2. The Balaban J connectivity index is 1.62. The largest absolute Gasteiger partial charge is 0.493 e. The number of hydrogen-bond acceptors (Lipinski definition) is 1. The second-order valence-electron chi connectivity index (χ2n) is 6.56. The van der Waals surface area contributed by atoms with Crippen molar-refractivity contribution in [2.45, 2.75) is 32.6 Å². The first kappa shape index (κ1) is 16.0. The van der Waals surface area contributed by atoms with Gasteiger partial charge >= 0.3 is 0 Å². The van der Waals surface area contributed by atoms with Gasteiger partial charge in [0.15, 0.2) is 11.6 Å². The summed E-state index contributed by atoms with van der Waals surface area (Å²) in [7, 11) is 0. The molecule has 2 aromatic carbocycles. The van der Waals surface area contributed by atoms with Gasteiger partial charge in [0, 0.05) is 5.56 Å². The Kier molecular flexibility index (Phi) is 4.94. The van der Waals surface area contributed by atoms with Gasteiger partial charge in [-0.2, -0.15) is 0 Å². The molecule has 0 aliphatic heterocycles. The Hall–Kier alpha value is -1.90. The number of ether oxygens (including phenoxy) is 1. The predicted molar refractivity (Wildman–Crippen MR) is 88.4 cm³/mol. The van der Waals surface area contributed by atoms with Crippen molar-refractivity contribution in [1.82, 2.24) is 0 Å². The van der Waals surface area contributed by atoms with Crippen LogP contribution in [0.1, 0.15) is 32.6 Å². The molecule has 1 aliphatic carbocycles. The zero-order valence-corrected chi connectivity index (χ0v) is 13.4. The van der Waals surface area contributed by atoms with Crippen molar-refractivity contribution in [3.8, 4) is 16.9 Å². The lowest BCUT2D eigenvalue weighted by atomic mass is 9.83. The van der Waals surface area contributed by atoms with E-state index in [-0.39, 0.29) is 5.56 Å². The average Bonchev–Trinajstić information content (AvgIpc) is 2.57. The van der Waals surface area contributed by atoms with Crippen molar-refractivity contribution in [1.29, 1.82) is 0 Å². The van der Waals surface area contributed by atoms with Crippen LogP contribution in [0.4, 0.5) is 8.78 Å². The minimum atomic E-state index is -0.825. The van der Waals surface area contributed by atoms with Gasteiger partial charge in [-0.15, -0.1) is 0 Å². The summed E-state index contributed by atoms with van der Waals surface area (Å²) >= 11 is 0. The average molecular weight is 316 g/mol. The maximum absolute atomic E-state index is 13.8. The standard InChI is InChI=1S/C20H22F2O/c1-14-5-7-15(8-6-14)13-23-17-11-9-16(10-12-17)18-3-2-4-19(21)20(18)22/h2-4,9-12,14-15H,5-8,13H2,1H3. The van der Waals surface area contributed by atoms with Gasteiger partial charge in [-0.1, -0.05) is 44.0 Å². The van der Waals surface area contributed by atoms with Crippen molar-refractivity contribution in [3.63, 3.8) is 0 Å². The summed E-state index contributed by atoms with van der Waals surface area (Å²) in [4.78, 5) is 0. The van der Waals surface area contributed by atoms with Crippen LogP contribution >= 0.6 is 0 Å². The molecule has 1 aliphatic rings. The normalized spacial score (nSPS) is 21.2. The molecule has 1 fully saturated rings. The summed E-state index contributed by atoms with van der Waals surface area (Å²) in [5, 5.41) is 0. The molecule has 23 heavy (non-hydrogen) atoms. The van der Waals surface area contributed by atoms with Crippen LogP contribution in [-0.4, -0.2) is 6.61 Å². The number of rotatable bonds is 4. The molecule has 3 heteroatoms. The Labute approximate surface area is 136 Å². The first-order chi connectivity index (χ1) is 11.1. The van der Waals surface area contributed by atoms with Crippen LogP contribution in [0.5, 0.6) is 5.75 Å². The summed E-state index contributed by atoms with van der Waals surface area (Å²) < 4.78 is 33.0. The molecule has 0 aromatic heterocycles. The summed E-state index contributed by atoms with van der Waals surface area (Å²) in [6.07, 6.45) is 5.03. The number of halogens is 2. The molecule has 0 amide bonds. The first-order valence-corrected chi connectivity index (χ1v) is 8.30.